The lowest BCUT2D eigenvalue weighted by Gasteiger charge is -2.24. The highest BCUT2D eigenvalue weighted by atomic mass is 32.2. The van der Waals surface area contributed by atoms with E-state index in [0.717, 1.165) is 28.6 Å². The molecule has 1 heterocycles. The highest BCUT2D eigenvalue weighted by Crippen LogP contribution is 2.36. The van der Waals surface area contributed by atoms with E-state index in [1.165, 1.54) is 0 Å². The summed E-state index contributed by atoms with van der Waals surface area (Å²) in [6, 6.07) is 10.2. The summed E-state index contributed by atoms with van der Waals surface area (Å²) in [4.78, 5) is 21.7. The van der Waals surface area contributed by atoms with Crippen LogP contribution in [0.4, 0.5) is 11.4 Å². The Morgan fingerprint density at radius 3 is 2.38 bits per heavy atom. The number of anilines is 1. The molecule has 1 atom stereocenters. The number of nitro groups is 1. The first-order valence-corrected chi connectivity index (χ1v) is 8.42. The largest absolute Gasteiger partial charge is 0.368 e. The lowest BCUT2D eigenvalue weighted by Crippen LogP contribution is -2.45. The van der Waals surface area contributed by atoms with Crippen molar-refractivity contribution in [3.8, 4) is 0 Å². The lowest BCUT2D eigenvalue weighted by atomic mass is 10.1. The van der Waals surface area contributed by atoms with Gasteiger partial charge in [-0.1, -0.05) is 18.2 Å². The van der Waals surface area contributed by atoms with Gasteiger partial charge in [0, 0.05) is 18.6 Å². The number of para-hydroxylation sites is 1. The van der Waals surface area contributed by atoms with Gasteiger partial charge >= 0.3 is 0 Å². The molecule has 0 unspecified atom stereocenters. The first kappa shape index (κ1) is 15.9. The van der Waals surface area contributed by atoms with E-state index < -0.39 is 26.9 Å². The molecule has 0 aromatic heterocycles. The minimum Gasteiger partial charge on any atom is -0.368 e. The highest BCUT2D eigenvalue weighted by Gasteiger charge is 2.41. The van der Waals surface area contributed by atoms with E-state index >= 15 is 0 Å². The molecule has 0 fully saturated rings. The molecule has 0 bridgehead atoms. The Morgan fingerprint density at radius 2 is 1.79 bits per heavy atom. The van der Waals surface area contributed by atoms with Crippen molar-refractivity contribution in [3.63, 3.8) is 0 Å². The fraction of sp³-hybridized carbons (Fsp3) is 0.133. The third-order valence-electron chi connectivity index (χ3n) is 3.86. The second kappa shape index (κ2) is 5.60. The Bertz CT molecular complexity index is 924. The number of amides is 1. The average molecular weight is 347 g/mol. The van der Waals surface area contributed by atoms with Gasteiger partial charge in [0.25, 0.3) is 15.7 Å². The summed E-state index contributed by atoms with van der Waals surface area (Å²) >= 11 is 0. The standard InChI is InChI=1S/C15H13N3O5S/c16-15(19)14-9-10-3-1-2-4-13(10)17(14)24(22,23)12-7-5-11(6-8-12)18(20)21/h1-8,14H,9H2,(H2,16,19)/t14-/m0/s1. The number of benzene rings is 2. The Morgan fingerprint density at radius 1 is 1.17 bits per heavy atom. The normalized spacial score (nSPS) is 16.7. The molecule has 2 N–H and O–H groups in total. The SMILES string of the molecule is NC(=O)[C@@H]1Cc2ccccc2N1S(=O)(=O)c1ccc([N+](=O)[O-])cc1. The summed E-state index contributed by atoms with van der Waals surface area (Å²) in [5.74, 6) is -0.753. The van der Waals surface area contributed by atoms with Crippen LogP contribution in [0.5, 0.6) is 0 Å². The Balaban J connectivity index is 2.10. The van der Waals surface area contributed by atoms with Crippen molar-refractivity contribution in [2.75, 3.05) is 4.31 Å². The summed E-state index contributed by atoms with van der Waals surface area (Å²) in [5, 5.41) is 10.7. The van der Waals surface area contributed by atoms with Crippen LogP contribution in [0.15, 0.2) is 53.4 Å². The van der Waals surface area contributed by atoms with E-state index in [1.807, 2.05) is 0 Å². The zero-order valence-corrected chi connectivity index (χ0v) is 13.1. The number of sulfonamides is 1. The Hall–Kier alpha value is -2.94. The summed E-state index contributed by atoms with van der Waals surface area (Å²) in [6.07, 6.45) is 0.192. The van der Waals surface area contributed by atoms with E-state index in [1.54, 1.807) is 24.3 Å². The number of fused-ring (bicyclic) bond motifs is 1. The number of primary amides is 1. The quantitative estimate of drug-likeness (QED) is 0.657. The van der Waals surface area contributed by atoms with E-state index in [2.05, 4.69) is 0 Å². The molecule has 24 heavy (non-hydrogen) atoms. The number of hydrogen-bond donors (Lipinski definition) is 1. The van der Waals surface area contributed by atoms with E-state index in [4.69, 9.17) is 5.73 Å². The highest BCUT2D eigenvalue weighted by molar-refractivity contribution is 7.93. The zero-order valence-electron chi connectivity index (χ0n) is 12.3. The molecule has 0 spiro atoms. The van der Waals surface area contributed by atoms with Crippen LogP contribution in [0, 0.1) is 10.1 Å². The maximum absolute atomic E-state index is 12.9. The minimum absolute atomic E-state index is 0.143. The summed E-state index contributed by atoms with van der Waals surface area (Å²) in [7, 11) is -4.08. The van der Waals surface area contributed by atoms with Gasteiger partial charge in [0.2, 0.25) is 5.91 Å². The van der Waals surface area contributed by atoms with Crippen molar-refractivity contribution in [2.45, 2.75) is 17.4 Å². The van der Waals surface area contributed by atoms with Gasteiger partial charge < -0.3 is 5.73 Å². The Labute approximate surface area is 137 Å². The third kappa shape index (κ3) is 2.48. The summed E-state index contributed by atoms with van der Waals surface area (Å²) < 4.78 is 26.9. The van der Waals surface area contributed by atoms with E-state index in [9.17, 15) is 23.3 Å². The third-order valence-corrected chi connectivity index (χ3v) is 5.70. The fourth-order valence-corrected chi connectivity index (χ4v) is 4.38. The molecule has 2 aromatic carbocycles. The van der Waals surface area contributed by atoms with Crippen molar-refractivity contribution in [3.05, 3.63) is 64.2 Å². The van der Waals surface area contributed by atoms with Crippen molar-refractivity contribution >= 4 is 27.3 Å². The van der Waals surface area contributed by atoms with Crippen molar-refractivity contribution < 1.29 is 18.1 Å². The minimum atomic E-state index is -4.08. The Kier molecular flexibility index (Phi) is 3.72. The van der Waals surface area contributed by atoms with Crippen LogP contribution in [-0.4, -0.2) is 25.3 Å². The maximum atomic E-state index is 12.9. The lowest BCUT2D eigenvalue weighted by molar-refractivity contribution is -0.384. The average Bonchev–Trinajstić information content (AvgIpc) is 2.95. The van der Waals surface area contributed by atoms with Crippen molar-refractivity contribution in [1.29, 1.82) is 0 Å². The smallest absolute Gasteiger partial charge is 0.269 e. The number of carbonyl (C=O) groups is 1. The van der Waals surface area contributed by atoms with E-state index in [-0.39, 0.29) is 17.0 Å². The molecule has 2 aromatic rings. The van der Waals surface area contributed by atoms with Crippen LogP contribution >= 0.6 is 0 Å². The van der Waals surface area contributed by atoms with Gasteiger partial charge in [-0.25, -0.2) is 8.42 Å². The molecular formula is C15H13N3O5S. The summed E-state index contributed by atoms with van der Waals surface area (Å²) in [6.45, 7) is 0. The second-order valence-corrected chi connectivity index (χ2v) is 7.12. The van der Waals surface area contributed by atoms with Crippen LogP contribution in [0.3, 0.4) is 0 Å². The first-order valence-electron chi connectivity index (χ1n) is 6.98. The van der Waals surface area contributed by atoms with Gasteiger partial charge in [-0.05, 0) is 23.8 Å². The molecule has 0 saturated heterocycles. The topological polar surface area (TPSA) is 124 Å². The van der Waals surface area contributed by atoms with Crippen LogP contribution in [0.2, 0.25) is 0 Å². The number of nitrogens with zero attached hydrogens (tertiary/aromatic N) is 2. The monoisotopic (exact) mass is 347 g/mol. The molecule has 1 aliphatic heterocycles. The molecule has 3 rings (SSSR count). The molecule has 8 nitrogen and oxygen atoms in total. The van der Waals surface area contributed by atoms with Gasteiger partial charge in [-0.15, -0.1) is 0 Å². The maximum Gasteiger partial charge on any atom is 0.269 e. The molecule has 1 amide bonds. The van der Waals surface area contributed by atoms with Crippen molar-refractivity contribution in [1.82, 2.24) is 0 Å². The molecule has 9 heteroatoms. The van der Waals surface area contributed by atoms with E-state index in [0.29, 0.717) is 11.3 Å². The first-order chi connectivity index (χ1) is 11.3. The molecule has 0 radical (unpaired) electrons. The predicted molar refractivity (Wildman–Crippen MR) is 85.9 cm³/mol. The number of hydrogen-bond acceptors (Lipinski definition) is 5. The number of non-ortho nitro benzene ring substituents is 1. The van der Waals surface area contributed by atoms with Gasteiger partial charge in [0.15, 0.2) is 0 Å². The number of nitro benzene ring substituents is 1. The second-order valence-electron chi connectivity index (χ2n) is 5.30. The zero-order chi connectivity index (χ0) is 17.5. The van der Waals surface area contributed by atoms with Crippen molar-refractivity contribution in [2.24, 2.45) is 5.73 Å². The van der Waals surface area contributed by atoms with Crippen LogP contribution in [0.25, 0.3) is 0 Å². The molecular weight excluding hydrogens is 334 g/mol. The molecule has 0 saturated carbocycles. The molecule has 1 aliphatic rings. The number of rotatable bonds is 4. The number of nitrogens with two attached hydrogens (primary N) is 1. The van der Waals surface area contributed by atoms with Gasteiger partial charge in [0.05, 0.1) is 15.5 Å². The molecule has 124 valence electrons. The summed E-state index contributed by atoms with van der Waals surface area (Å²) in [5.41, 5.74) is 6.24. The van der Waals surface area contributed by atoms with Gasteiger partial charge in [0.1, 0.15) is 6.04 Å². The number of carbonyl (C=O) groups excluding carboxylic acids is 1. The van der Waals surface area contributed by atoms with Gasteiger partial charge in [-0.2, -0.15) is 0 Å². The van der Waals surface area contributed by atoms with Gasteiger partial charge in [-0.3, -0.25) is 19.2 Å². The predicted octanol–water partition coefficient (Wildman–Crippen LogP) is 1.20. The molecule has 0 aliphatic carbocycles. The van der Waals surface area contributed by atoms with Crippen LogP contribution in [-0.2, 0) is 21.2 Å². The van der Waals surface area contributed by atoms with Crippen LogP contribution < -0.4 is 10.0 Å². The fourth-order valence-electron chi connectivity index (χ4n) is 2.72. The van der Waals surface area contributed by atoms with Crippen LogP contribution in [0.1, 0.15) is 5.56 Å².